The summed E-state index contributed by atoms with van der Waals surface area (Å²) in [5.41, 5.74) is 0.921. The standard InChI is InChI=1S/C13H20N2O4/c1-9(15-13(16)14-8-17-2)10-5-6-11(18-3)12(7-10)19-4/h5-7,9H,8H2,1-4H3,(H2,14,15,16). The minimum Gasteiger partial charge on any atom is -0.493 e. The van der Waals surface area contributed by atoms with Crippen LogP contribution in [-0.4, -0.2) is 34.1 Å². The SMILES string of the molecule is COCNC(=O)NC(C)c1ccc(OC)c(OC)c1. The van der Waals surface area contributed by atoms with Gasteiger partial charge in [0.2, 0.25) is 0 Å². The number of rotatable bonds is 6. The second-order valence-electron chi connectivity index (χ2n) is 3.92. The first kappa shape index (κ1) is 15.1. The summed E-state index contributed by atoms with van der Waals surface area (Å²) in [7, 11) is 4.67. The Labute approximate surface area is 113 Å². The molecule has 106 valence electrons. The van der Waals surface area contributed by atoms with Crippen LogP contribution in [0.25, 0.3) is 0 Å². The topological polar surface area (TPSA) is 68.8 Å². The van der Waals surface area contributed by atoms with Crippen molar-refractivity contribution in [3.63, 3.8) is 0 Å². The molecule has 6 heteroatoms. The summed E-state index contributed by atoms with van der Waals surface area (Å²) in [5.74, 6) is 1.29. The van der Waals surface area contributed by atoms with Crippen LogP contribution >= 0.6 is 0 Å². The van der Waals surface area contributed by atoms with Crippen molar-refractivity contribution in [1.29, 1.82) is 0 Å². The molecule has 0 aliphatic carbocycles. The second-order valence-corrected chi connectivity index (χ2v) is 3.92. The number of methoxy groups -OCH3 is 3. The lowest BCUT2D eigenvalue weighted by Gasteiger charge is -2.16. The first-order chi connectivity index (χ1) is 9.12. The van der Waals surface area contributed by atoms with Crippen molar-refractivity contribution in [2.45, 2.75) is 13.0 Å². The fourth-order valence-corrected chi connectivity index (χ4v) is 1.59. The zero-order valence-corrected chi connectivity index (χ0v) is 11.6. The van der Waals surface area contributed by atoms with Crippen LogP contribution in [0, 0.1) is 0 Å². The van der Waals surface area contributed by atoms with E-state index in [2.05, 4.69) is 10.6 Å². The van der Waals surface area contributed by atoms with E-state index in [-0.39, 0.29) is 18.8 Å². The van der Waals surface area contributed by atoms with Gasteiger partial charge in [-0.25, -0.2) is 4.79 Å². The fraction of sp³-hybridized carbons (Fsp3) is 0.462. The zero-order valence-electron chi connectivity index (χ0n) is 11.6. The molecule has 1 rings (SSSR count). The van der Waals surface area contributed by atoms with Crippen molar-refractivity contribution in [2.24, 2.45) is 0 Å². The number of urea groups is 1. The molecule has 1 atom stereocenters. The molecular weight excluding hydrogens is 248 g/mol. The lowest BCUT2D eigenvalue weighted by Crippen LogP contribution is -2.37. The van der Waals surface area contributed by atoms with Crippen LogP contribution < -0.4 is 20.1 Å². The third-order valence-electron chi connectivity index (χ3n) is 2.63. The minimum atomic E-state index is -0.288. The highest BCUT2D eigenvalue weighted by atomic mass is 16.5. The highest BCUT2D eigenvalue weighted by Gasteiger charge is 2.12. The van der Waals surface area contributed by atoms with E-state index in [4.69, 9.17) is 14.2 Å². The van der Waals surface area contributed by atoms with Gasteiger partial charge in [-0.05, 0) is 24.6 Å². The second kappa shape index (κ2) is 7.48. The van der Waals surface area contributed by atoms with Crippen molar-refractivity contribution >= 4 is 6.03 Å². The Balaban J connectivity index is 2.71. The summed E-state index contributed by atoms with van der Waals surface area (Å²) in [6.07, 6.45) is 0. The van der Waals surface area contributed by atoms with Gasteiger partial charge in [0.1, 0.15) is 6.73 Å². The van der Waals surface area contributed by atoms with Crippen molar-refractivity contribution in [3.05, 3.63) is 23.8 Å². The minimum absolute atomic E-state index is 0.156. The largest absolute Gasteiger partial charge is 0.493 e. The molecule has 0 aromatic heterocycles. The van der Waals surface area contributed by atoms with E-state index in [9.17, 15) is 4.79 Å². The number of hydrogen-bond donors (Lipinski definition) is 2. The summed E-state index contributed by atoms with van der Waals surface area (Å²) in [6, 6.07) is 5.07. The predicted octanol–water partition coefficient (Wildman–Crippen LogP) is 1.67. The van der Waals surface area contributed by atoms with E-state index in [1.807, 2.05) is 19.1 Å². The van der Waals surface area contributed by atoms with E-state index < -0.39 is 0 Å². The Kier molecular flexibility index (Phi) is 5.95. The predicted molar refractivity (Wildman–Crippen MR) is 71.5 cm³/mol. The quantitative estimate of drug-likeness (QED) is 0.770. The van der Waals surface area contributed by atoms with Gasteiger partial charge in [-0.3, -0.25) is 0 Å². The number of hydrogen-bond acceptors (Lipinski definition) is 4. The van der Waals surface area contributed by atoms with E-state index >= 15 is 0 Å². The smallest absolute Gasteiger partial charge is 0.317 e. The van der Waals surface area contributed by atoms with Gasteiger partial charge < -0.3 is 24.8 Å². The molecule has 1 unspecified atom stereocenters. The molecule has 0 saturated carbocycles. The summed E-state index contributed by atoms with van der Waals surface area (Å²) in [6.45, 7) is 2.05. The molecule has 19 heavy (non-hydrogen) atoms. The number of nitrogens with one attached hydrogen (secondary N) is 2. The normalized spacial score (nSPS) is 11.6. The van der Waals surface area contributed by atoms with Gasteiger partial charge in [-0.1, -0.05) is 6.07 Å². The van der Waals surface area contributed by atoms with Gasteiger partial charge in [-0.2, -0.15) is 0 Å². The summed E-state index contributed by atoms with van der Waals surface area (Å²) in [4.78, 5) is 11.5. The molecule has 1 aromatic carbocycles. The maximum Gasteiger partial charge on any atom is 0.317 e. The summed E-state index contributed by atoms with van der Waals surface area (Å²) < 4.78 is 15.1. The first-order valence-corrected chi connectivity index (χ1v) is 5.87. The Morgan fingerprint density at radius 1 is 1.21 bits per heavy atom. The molecule has 0 fully saturated rings. The van der Waals surface area contributed by atoms with E-state index in [1.54, 1.807) is 20.3 Å². The van der Waals surface area contributed by atoms with Crippen LogP contribution in [0.1, 0.15) is 18.5 Å². The maximum atomic E-state index is 11.5. The Bertz CT molecular complexity index is 423. The molecule has 0 radical (unpaired) electrons. The molecule has 1 aromatic rings. The van der Waals surface area contributed by atoms with E-state index in [1.165, 1.54) is 7.11 Å². The van der Waals surface area contributed by atoms with Crippen LogP contribution in [0.3, 0.4) is 0 Å². The molecule has 0 bridgehead atoms. The first-order valence-electron chi connectivity index (χ1n) is 5.87. The Morgan fingerprint density at radius 3 is 2.47 bits per heavy atom. The Hall–Kier alpha value is -1.95. The number of benzene rings is 1. The van der Waals surface area contributed by atoms with Crippen LogP contribution in [0.5, 0.6) is 11.5 Å². The van der Waals surface area contributed by atoms with Gasteiger partial charge in [0.05, 0.1) is 20.3 Å². The van der Waals surface area contributed by atoms with Crippen molar-refractivity contribution in [3.8, 4) is 11.5 Å². The van der Waals surface area contributed by atoms with Gasteiger partial charge >= 0.3 is 6.03 Å². The van der Waals surface area contributed by atoms with Crippen LogP contribution in [0.4, 0.5) is 4.79 Å². The van der Waals surface area contributed by atoms with Crippen LogP contribution in [0.2, 0.25) is 0 Å². The van der Waals surface area contributed by atoms with E-state index in [0.29, 0.717) is 11.5 Å². The van der Waals surface area contributed by atoms with Crippen LogP contribution in [-0.2, 0) is 4.74 Å². The zero-order chi connectivity index (χ0) is 14.3. The lowest BCUT2D eigenvalue weighted by atomic mass is 10.1. The van der Waals surface area contributed by atoms with E-state index in [0.717, 1.165) is 5.56 Å². The summed E-state index contributed by atoms with van der Waals surface area (Å²) >= 11 is 0. The molecule has 0 saturated heterocycles. The van der Waals surface area contributed by atoms with Gasteiger partial charge in [0.15, 0.2) is 11.5 Å². The molecule has 0 spiro atoms. The van der Waals surface area contributed by atoms with Gasteiger partial charge in [-0.15, -0.1) is 0 Å². The van der Waals surface area contributed by atoms with Crippen molar-refractivity contribution < 1.29 is 19.0 Å². The third kappa shape index (κ3) is 4.33. The number of amides is 2. The van der Waals surface area contributed by atoms with Crippen molar-refractivity contribution in [1.82, 2.24) is 10.6 Å². The van der Waals surface area contributed by atoms with Gasteiger partial charge in [0, 0.05) is 7.11 Å². The molecular formula is C13H20N2O4. The Morgan fingerprint density at radius 2 is 1.89 bits per heavy atom. The highest BCUT2D eigenvalue weighted by molar-refractivity contribution is 5.74. The number of carbonyl (C=O) groups is 1. The molecule has 0 aliphatic heterocycles. The van der Waals surface area contributed by atoms with Crippen LogP contribution in [0.15, 0.2) is 18.2 Å². The molecule has 6 nitrogen and oxygen atoms in total. The molecule has 0 heterocycles. The molecule has 2 amide bonds. The molecule has 2 N–H and O–H groups in total. The average Bonchev–Trinajstić information content (AvgIpc) is 2.44. The fourth-order valence-electron chi connectivity index (χ4n) is 1.59. The maximum absolute atomic E-state index is 11.5. The monoisotopic (exact) mass is 268 g/mol. The summed E-state index contributed by atoms with van der Waals surface area (Å²) in [5, 5.41) is 5.35. The van der Waals surface area contributed by atoms with Gasteiger partial charge in [0.25, 0.3) is 0 Å². The van der Waals surface area contributed by atoms with Crippen molar-refractivity contribution in [2.75, 3.05) is 28.1 Å². The lowest BCUT2D eigenvalue weighted by molar-refractivity contribution is 0.171. The number of ether oxygens (including phenoxy) is 3. The third-order valence-corrected chi connectivity index (χ3v) is 2.63. The average molecular weight is 268 g/mol. The number of carbonyl (C=O) groups excluding carboxylic acids is 1. The highest BCUT2D eigenvalue weighted by Crippen LogP contribution is 2.29. The molecule has 0 aliphatic rings.